The Kier molecular flexibility index (Phi) is 4.98. The molecule has 2 aliphatic heterocycles. The van der Waals surface area contributed by atoms with E-state index in [9.17, 15) is 19.5 Å². The van der Waals surface area contributed by atoms with Crippen LogP contribution in [-0.4, -0.2) is 64.2 Å². The summed E-state index contributed by atoms with van der Waals surface area (Å²) >= 11 is 1.39. The van der Waals surface area contributed by atoms with Crippen LogP contribution in [0.1, 0.15) is 19.4 Å². The first kappa shape index (κ1) is 19.3. The van der Waals surface area contributed by atoms with Gasteiger partial charge >= 0.3 is 5.97 Å². The number of rotatable bonds is 6. The summed E-state index contributed by atoms with van der Waals surface area (Å²) in [6.07, 6.45) is -0.0138. The number of methoxy groups -OCH3 is 2. The fraction of sp³-hybridized carbons (Fsp3) is 0.500. The maximum absolute atomic E-state index is 12.5. The highest BCUT2D eigenvalue weighted by molar-refractivity contribution is 8.01. The normalized spacial score (nSPS) is 25.4. The van der Waals surface area contributed by atoms with Crippen molar-refractivity contribution >= 4 is 29.5 Å². The molecule has 0 spiro atoms. The van der Waals surface area contributed by atoms with Gasteiger partial charge in [-0.25, -0.2) is 4.79 Å². The minimum Gasteiger partial charge on any atom is -0.496 e. The van der Waals surface area contributed by atoms with E-state index in [0.29, 0.717) is 17.1 Å². The molecule has 2 saturated heterocycles. The Morgan fingerprint density at radius 2 is 1.85 bits per heavy atom. The number of thioether (sulfide) groups is 1. The zero-order valence-corrected chi connectivity index (χ0v) is 16.3. The van der Waals surface area contributed by atoms with Crippen LogP contribution in [0.15, 0.2) is 18.2 Å². The van der Waals surface area contributed by atoms with Crippen molar-refractivity contribution in [1.82, 2.24) is 10.2 Å². The molecule has 0 saturated carbocycles. The van der Waals surface area contributed by atoms with Gasteiger partial charge in [-0.15, -0.1) is 11.8 Å². The molecule has 0 aromatic heterocycles. The molecule has 0 aliphatic carbocycles. The minimum absolute atomic E-state index is 0.0138. The van der Waals surface area contributed by atoms with Gasteiger partial charge in [-0.2, -0.15) is 0 Å². The van der Waals surface area contributed by atoms with Gasteiger partial charge in [0.1, 0.15) is 29.0 Å². The van der Waals surface area contributed by atoms with Crippen molar-refractivity contribution in [3.8, 4) is 11.5 Å². The first-order valence-electron chi connectivity index (χ1n) is 8.43. The molecule has 8 nitrogen and oxygen atoms in total. The fourth-order valence-electron chi connectivity index (χ4n) is 3.63. The van der Waals surface area contributed by atoms with Crippen molar-refractivity contribution in [2.24, 2.45) is 0 Å². The van der Waals surface area contributed by atoms with Crippen LogP contribution in [0.3, 0.4) is 0 Å². The summed E-state index contributed by atoms with van der Waals surface area (Å²) < 4.78 is 9.95. The van der Waals surface area contributed by atoms with Gasteiger partial charge in [-0.3, -0.25) is 9.59 Å². The summed E-state index contributed by atoms with van der Waals surface area (Å²) in [6, 6.07) is 3.59. The van der Waals surface area contributed by atoms with Crippen molar-refractivity contribution in [2.45, 2.75) is 42.5 Å². The van der Waals surface area contributed by atoms with E-state index in [0.717, 1.165) is 0 Å². The van der Waals surface area contributed by atoms with E-state index < -0.39 is 22.8 Å². The first-order chi connectivity index (χ1) is 12.7. The molecule has 2 aliphatic rings. The summed E-state index contributed by atoms with van der Waals surface area (Å²) in [7, 11) is 3.01. The zero-order valence-electron chi connectivity index (χ0n) is 15.5. The lowest BCUT2D eigenvalue weighted by Crippen LogP contribution is -2.70. The summed E-state index contributed by atoms with van der Waals surface area (Å²) in [5, 5.41) is 11.8. The number of hydrogen-bond donors (Lipinski definition) is 2. The molecule has 2 N–H and O–H groups in total. The number of hydrogen-bond acceptors (Lipinski definition) is 6. The third kappa shape index (κ3) is 3.20. The fourth-order valence-corrected chi connectivity index (χ4v) is 5.26. The number of aliphatic carboxylic acids is 1. The van der Waals surface area contributed by atoms with Gasteiger partial charge in [0.15, 0.2) is 0 Å². The van der Waals surface area contributed by atoms with E-state index in [1.807, 2.05) is 0 Å². The van der Waals surface area contributed by atoms with E-state index in [-0.39, 0.29) is 23.6 Å². The Balaban J connectivity index is 1.72. The van der Waals surface area contributed by atoms with E-state index in [1.165, 1.54) is 30.9 Å². The second-order valence-corrected chi connectivity index (χ2v) is 8.73. The van der Waals surface area contributed by atoms with E-state index in [4.69, 9.17) is 9.47 Å². The molecule has 3 atom stereocenters. The van der Waals surface area contributed by atoms with Crippen LogP contribution in [-0.2, 0) is 20.8 Å². The second-order valence-electron chi connectivity index (χ2n) is 6.96. The van der Waals surface area contributed by atoms with Gasteiger partial charge in [-0.05, 0) is 26.0 Å². The van der Waals surface area contributed by atoms with Crippen molar-refractivity contribution in [1.29, 1.82) is 0 Å². The standard InChI is InChI=1S/C18H22N2O6S/c1-18(2)14(17(23)24)20-15(22)13(16(20)27-18)19-12(21)8-9-10(25-3)6-5-7-11(9)26-4/h5-7,13-14,16H,8H2,1-4H3,(H,19,21)(H,23,24). The number of fused-ring (bicyclic) bond motifs is 1. The van der Waals surface area contributed by atoms with E-state index >= 15 is 0 Å². The van der Waals surface area contributed by atoms with Gasteiger partial charge < -0.3 is 24.8 Å². The van der Waals surface area contributed by atoms with Crippen LogP contribution in [0.25, 0.3) is 0 Å². The molecule has 1 aromatic carbocycles. The highest BCUT2D eigenvalue weighted by atomic mass is 32.2. The number of nitrogens with one attached hydrogen (secondary N) is 1. The molecule has 2 amide bonds. The average molecular weight is 394 g/mol. The van der Waals surface area contributed by atoms with Gasteiger partial charge in [0, 0.05) is 10.3 Å². The van der Waals surface area contributed by atoms with E-state index in [1.54, 1.807) is 32.0 Å². The molecule has 2 heterocycles. The van der Waals surface area contributed by atoms with Gasteiger partial charge in [0.05, 0.1) is 20.6 Å². The van der Waals surface area contributed by atoms with Crippen molar-refractivity contribution in [3.05, 3.63) is 23.8 Å². The number of carboxylic acid groups (broad SMARTS) is 1. The summed E-state index contributed by atoms with van der Waals surface area (Å²) in [4.78, 5) is 37.9. The molecule has 2 fully saturated rings. The van der Waals surface area contributed by atoms with Gasteiger partial charge in [0.25, 0.3) is 0 Å². The monoisotopic (exact) mass is 394 g/mol. The number of benzene rings is 1. The van der Waals surface area contributed by atoms with Crippen LogP contribution >= 0.6 is 11.8 Å². The smallest absolute Gasteiger partial charge is 0.327 e. The lowest BCUT2D eigenvalue weighted by atomic mass is 9.96. The Morgan fingerprint density at radius 3 is 2.37 bits per heavy atom. The molecule has 0 bridgehead atoms. The first-order valence-corrected chi connectivity index (χ1v) is 9.31. The Bertz CT molecular complexity index is 774. The SMILES string of the molecule is COc1cccc(OC)c1CC(=O)NC1C(=O)N2C1SC(C)(C)C2C(=O)O. The number of ether oxygens (including phenoxy) is 2. The van der Waals surface area contributed by atoms with Gasteiger partial charge in [0.2, 0.25) is 11.8 Å². The summed E-state index contributed by atoms with van der Waals surface area (Å²) in [5.74, 6) is -0.715. The molecule has 3 unspecified atom stereocenters. The Morgan fingerprint density at radius 1 is 1.26 bits per heavy atom. The molecule has 146 valence electrons. The molecular weight excluding hydrogens is 372 g/mol. The number of amides is 2. The number of carbonyl (C=O) groups is 3. The van der Waals surface area contributed by atoms with Crippen molar-refractivity contribution in [2.75, 3.05) is 14.2 Å². The topological polar surface area (TPSA) is 105 Å². The van der Waals surface area contributed by atoms with Crippen LogP contribution in [0.4, 0.5) is 0 Å². The lowest BCUT2D eigenvalue weighted by Gasteiger charge is -2.43. The summed E-state index contributed by atoms with van der Waals surface area (Å²) in [6.45, 7) is 3.58. The maximum atomic E-state index is 12.5. The lowest BCUT2D eigenvalue weighted by molar-refractivity contribution is -0.161. The quantitative estimate of drug-likeness (QED) is 0.690. The average Bonchev–Trinajstić information content (AvgIpc) is 2.88. The number of β-lactam (4-membered cyclic amide) rings is 1. The zero-order chi connectivity index (χ0) is 19.9. The molecule has 1 aromatic rings. The molecule has 0 radical (unpaired) electrons. The predicted molar refractivity (Wildman–Crippen MR) is 98.9 cm³/mol. The number of nitrogens with zero attached hydrogens (tertiary/aromatic N) is 1. The maximum Gasteiger partial charge on any atom is 0.327 e. The van der Waals surface area contributed by atoms with Crippen LogP contribution in [0.2, 0.25) is 0 Å². The van der Waals surface area contributed by atoms with Gasteiger partial charge in [-0.1, -0.05) is 6.07 Å². The number of carbonyl (C=O) groups excluding carboxylic acids is 2. The number of carboxylic acids is 1. The summed E-state index contributed by atoms with van der Waals surface area (Å²) in [5.41, 5.74) is 0.589. The largest absolute Gasteiger partial charge is 0.496 e. The third-order valence-electron chi connectivity index (χ3n) is 4.86. The second kappa shape index (κ2) is 6.95. The minimum atomic E-state index is -1.04. The van der Waals surface area contributed by atoms with E-state index in [2.05, 4.69) is 5.32 Å². The third-order valence-corrected chi connectivity index (χ3v) is 6.43. The molecule has 3 rings (SSSR count). The molecular formula is C18H22N2O6S. The molecule has 9 heteroatoms. The van der Waals surface area contributed by atoms with Crippen LogP contribution < -0.4 is 14.8 Å². The Labute approximate surface area is 161 Å². The van der Waals surface area contributed by atoms with Crippen molar-refractivity contribution in [3.63, 3.8) is 0 Å². The molecule has 27 heavy (non-hydrogen) atoms. The van der Waals surface area contributed by atoms with Crippen LogP contribution in [0.5, 0.6) is 11.5 Å². The van der Waals surface area contributed by atoms with Crippen LogP contribution in [0, 0.1) is 0 Å². The highest BCUT2D eigenvalue weighted by Gasteiger charge is 2.64. The highest BCUT2D eigenvalue weighted by Crippen LogP contribution is 2.50. The predicted octanol–water partition coefficient (Wildman–Crippen LogP) is 0.878. The Hall–Kier alpha value is -2.42. The van der Waals surface area contributed by atoms with Crippen molar-refractivity contribution < 1.29 is 29.0 Å².